The summed E-state index contributed by atoms with van der Waals surface area (Å²) in [5.74, 6) is -2.48. The van der Waals surface area contributed by atoms with E-state index in [0.29, 0.717) is 5.52 Å². The first-order valence-electron chi connectivity index (χ1n) is 6.02. The second-order valence-corrected chi connectivity index (χ2v) is 4.36. The summed E-state index contributed by atoms with van der Waals surface area (Å²) in [6, 6.07) is 7.88. The fraction of sp³-hybridized carbons (Fsp3) is 0. The van der Waals surface area contributed by atoms with Crippen molar-refractivity contribution < 1.29 is 13.6 Å². The summed E-state index contributed by atoms with van der Waals surface area (Å²) in [6.07, 6.45) is 0. The van der Waals surface area contributed by atoms with Gasteiger partial charge in [0, 0.05) is 0 Å². The monoisotopic (exact) mass is 289 g/mol. The van der Waals surface area contributed by atoms with E-state index in [1.54, 1.807) is 12.1 Å². The molecule has 0 aliphatic carbocycles. The first-order chi connectivity index (χ1) is 10.1. The molecule has 106 valence electrons. The standard InChI is InChI=1S/C14H9F2N3O2/c15-8-4-2-5-9(16)12(8)18-13(20)7-3-1-6-10-11(7)19-14(21)17-10/h1-6H,(H,18,20)(H2,17,19,21). The van der Waals surface area contributed by atoms with Gasteiger partial charge in [-0.25, -0.2) is 13.6 Å². The van der Waals surface area contributed by atoms with E-state index in [4.69, 9.17) is 0 Å². The summed E-state index contributed by atoms with van der Waals surface area (Å²) < 4.78 is 27.1. The van der Waals surface area contributed by atoms with Crippen molar-refractivity contribution in [1.29, 1.82) is 0 Å². The Morgan fingerprint density at radius 1 is 1.00 bits per heavy atom. The summed E-state index contributed by atoms with van der Waals surface area (Å²) in [5, 5.41) is 2.17. The summed E-state index contributed by atoms with van der Waals surface area (Å²) in [6.45, 7) is 0. The third kappa shape index (κ3) is 2.29. The number of amides is 1. The van der Waals surface area contributed by atoms with Crippen molar-refractivity contribution in [3.63, 3.8) is 0 Å². The molecule has 21 heavy (non-hydrogen) atoms. The summed E-state index contributed by atoms with van der Waals surface area (Å²) in [7, 11) is 0. The predicted octanol–water partition coefficient (Wildman–Crippen LogP) is 2.39. The number of halogens is 2. The Morgan fingerprint density at radius 3 is 2.38 bits per heavy atom. The van der Waals surface area contributed by atoms with E-state index < -0.39 is 28.9 Å². The lowest BCUT2D eigenvalue weighted by molar-refractivity contribution is 0.102. The average molecular weight is 289 g/mol. The van der Waals surface area contributed by atoms with Crippen LogP contribution in [0.4, 0.5) is 14.5 Å². The number of fused-ring (bicyclic) bond motifs is 1. The topological polar surface area (TPSA) is 77.8 Å². The maximum atomic E-state index is 13.5. The number of H-pyrrole nitrogens is 2. The molecule has 7 heteroatoms. The van der Waals surface area contributed by atoms with Gasteiger partial charge in [0.05, 0.1) is 16.6 Å². The van der Waals surface area contributed by atoms with Crippen LogP contribution in [0.15, 0.2) is 41.2 Å². The van der Waals surface area contributed by atoms with E-state index in [9.17, 15) is 18.4 Å². The van der Waals surface area contributed by atoms with Crippen molar-refractivity contribution in [2.75, 3.05) is 5.32 Å². The number of carbonyl (C=O) groups is 1. The van der Waals surface area contributed by atoms with E-state index in [2.05, 4.69) is 15.3 Å². The number of para-hydroxylation sites is 2. The minimum absolute atomic E-state index is 0.105. The number of nitrogens with one attached hydrogen (secondary N) is 3. The number of aromatic amines is 2. The highest BCUT2D eigenvalue weighted by atomic mass is 19.1. The third-order valence-electron chi connectivity index (χ3n) is 3.00. The Bertz CT molecular complexity index is 878. The largest absolute Gasteiger partial charge is 0.323 e. The number of rotatable bonds is 2. The van der Waals surface area contributed by atoms with Gasteiger partial charge in [0.2, 0.25) is 0 Å². The second kappa shape index (κ2) is 4.86. The molecule has 3 aromatic rings. The molecule has 0 saturated carbocycles. The van der Waals surface area contributed by atoms with Crippen LogP contribution in [0.1, 0.15) is 10.4 Å². The molecule has 5 nitrogen and oxygen atoms in total. The number of aromatic nitrogens is 2. The van der Waals surface area contributed by atoms with Crippen molar-refractivity contribution >= 4 is 22.6 Å². The normalized spacial score (nSPS) is 10.8. The van der Waals surface area contributed by atoms with Crippen LogP contribution in [0.25, 0.3) is 11.0 Å². The molecule has 0 atom stereocenters. The fourth-order valence-electron chi connectivity index (χ4n) is 2.05. The van der Waals surface area contributed by atoms with Crippen molar-refractivity contribution in [3.8, 4) is 0 Å². The van der Waals surface area contributed by atoms with Crippen LogP contribution in [0.2, 0.25) is 0 Å². The molecule has 0 fully saturated rings. The van der Waals surface area contributed by atoms with Crippen molar-refractivity contribution in [2.45, 2.75) is 0 Å². The van der Waals surface area contributed by atoms with Gasteiger partial charge in [-0.05, 0) is 24.3 Å². The van der Waals surface area contributed by atoms with Crippen LogP contribution in [-0.4, -0.2) is 15.9 Å². The van der Waals surface area contributed by atoms with Gasteiger partial charge in [-0.2, -0.15) is 0 Å². The number of benzene rings is 2. The minimum Gasteiger partial charge on any atom is -0.317 e. The van der Waals surface area contributed by atoms with Crippen LogP contribution in [0, 0.1) is 11.6 Å². The quantitative estimate of drug-likeness (QED) is 0.677. The molecule has 0 spiro atoms. The molecule has 0 aliphatic rings. The summed E-state index contributed by atoms with van der Waals surface area (Å²) in [5.41, 5.74) is -0.188. The Balaban J connectivity index is 2.03. The molecule has 3 rings (SSSR count). The lowest BCUT2D eigenvalue weighted by Crippen LogP contribution is -2.15. The molecular formula is C14H9F2N3O2. The molecule has 0 radical (unpaired) electrons. The third-order valence-corrected chi connectivity index (χ3v) is 3.00. The highest BCUT2D eigenvalue weighted by molar-refractivity contribution is 6.11. The Kier molecular flexibility index (Phi) is 3.02. The maximum absolute atomic E-state index is 13.5. The Labute approximate surface area is 116 Å². The predicted molar refractivity (Wildman–Crippen MR) is 73.2 cm³/mol. The van der Waals surface area contributed by atoms with Gasteiger partial charge in [0.15, 0.2) is 0 Å². The van der Waals surface area contributed by atoms with Gasteiger partial charge in [-0.3, -0.25) is 4.79 Å². The van der Waals surface area contributed by atoms with Gasteiger partial charge >= 0.3 is 5.69 Å². The number of hydrogen-bond donors (Lipinski definition) is 3. The molecule has 1 aromatic heterocycles. The highest BCUT2D eigenvalue weighted by Gasteiger charge is 2.16. The second-order valence-electron chi connectivity index (χ2n) is 4.36. The van der Waals surface area contributed by atoms with E-state index in [-0.39, 0.29) is 11.1 Å². The van der Waals surface area contributed by atoms with Crippen LogP contribution in [-0.2, 0) is 0 Å². The number of hydrogen-bond acceptors (Lipinski definition) is 2. The van der Waals surface area contributed by atoms with Crippen LogP contribution in [0.3, 0.4) is 0 Å². The van der Waals surface area contributed by atoms with E-state index in [1.807, 2.05) is 0 Å². The van der Waals surface area contributed by atoms with Crippen molar-refractivity contribution in [1.82, 2.24) is 9.97 Å². The molecule has 0 unspecified atom stereocenters. The SMILES string of the molecule is O=C(Nc1c(F)cccc1F)c1cccc2[nH]c(=O)[nH]c12. The lowest BCUT2D eigenvalue weighted by atomic mass is 10.1. The van der Waals surface area contributed by atoms with Gasteiger partial charge in [0.25, 0.3) is 5.91 Å². The molecule has 0 bridgehead atoms. The number of carbonyl (C=O) groups excluding carboxylic acids is 1. The molecule has 0 saturated heterocycles. The molecule has 1 amide bonds. The first kappa shape index (κ1) is 13.0. The molecule has 3 N–H and O–H groups in total. The zero-order valence-electron chi connectivity index (χ0n) is 10.5. The Hall–Kier alpha value is -2.96. The van der Waals surface area contributed by atoms with Crippen LogP contribution < -0.4 is 11.0 Å². The van der Waals surface area contributed by atoms with Crippen molar-refractivity contribution in [3.05, 3.63) is 64.1 Å². The molecule has 2 aromatic carbocycles. The zero-order chi connectivity index (χ0) is 15.0. The number of anilines is 1. The van der Waals surface area contributed by atoms with E-state index in [0.717, 1.165) is 12.1 Å². The lowest BCUT2D eigenvalue weighted by Gasteiger charge is -2.08. The Morgan fingerprint density at radius 2 is 1.67 bits per heavy atom. The van der Waals surface area contributed by atoms with E-state index in [1.165, 1.54) is 12.1 Å². The first-order valence-corrected chi connectivity index (χ1v) is 6.02. The fourth-order valence-corrected chi connectivity index (χ4v) is 2.05. The molecular weight excluding hydrogens is 280 g/mol. The van der Waals surface area contributed by atoms with Crippen molar-refractivity contribution in [2.24, 2.45) is 0 Å². The van der Waals surface area contributed by atoms with Crippen LogP contribution >= 0.6 is 0 Å². The van der Waals surface area contributed by atoms with Gasteiger partial charge in [-0.15, -0.1) is 0 Å². The average Bonchev–Trinajstić information content (AvgIpc) is 2.82. The zero-order valence-corrected chi connectivity index (χ0v) is 10.5. The van der Waals surface area contributed by atoms with E-state index >= 15 is 0 Å². The van der Waals surface area contributed by atoms with Gasteiger partial charge < -0.3 is 15.3 Å². The highest BCUT2D eigenvalue weighted by Crippen LogP contribution is 2.20. The summed E-state index contributed by atoms with van der Waals surface area (Å²) >= 11 is 0. The van der Waals surface area contributed by atoms with Gasteiger partial charge in [0.1, 0.15) is 17.3 Å². The maximum Gasteiger partial charge on any atom is 0.323 e. The summed E-state index contributed by atoms with van der Waals surface area (Å²) in [4.78, 5) is 28.4. The minimum atomic E-state index is -0.877. The van der Waals surface area contributed by atoms with Crippen LogP contribution in [0.5, 0.6) is 0 Å². The number of imidazole rings is 1. The smallest absolute Gasteiger partial charge is 0.317 e. The molecule has 0 aliphatic heterocycles. The van der Waals surface area contributed by atoms with Gasteiger partial charge in [-0.1, -0.05) is 12.1 Å². The molecule has 1 heterocycles.